The molecule has 2 rings (SSSR count). The van der Waals surface area contributed by atoms with Gasteiger partial charge in [0.2, 0.25) is 0 Å². The molecule has 0 radical (unpaired) electrons. The number of halogens is 2. The first-order valence-electron chi connectivity index (χ1n) is 5.72. The van der Waals surface area contributed by atoms with Gasteiger partial charge in [0.1, 0.15) is 6.61 Å². The summed E-state index contributed by atoms with van der Waals surface area (Å²) in [5.74, 6) is 0.184. The number of ether oxygens (including phenoxy) is 1. The molecule has 0 N–H and O–H groups in total. The summed E-state index contributed by atoms with van der Waals surface area (Å²) in [6.45, 7) is 2.37. The van der Waals surface area contributed by atoms with E-state index in [0.717, 1.165) is 16.7 Å². The number of hydrogen-bond donors (Lipinski definition) is 0. The molecule has 0 fully saturated rings. The molecular formula is C15H14ClFO. The molecule has 0 aromatic heterocycles. The molecule has 0 aliphatic carbocycles. The molecule has 0 saturated carbocycles. The van der Waals surface area contributed by atoms with Gasteiger partial charge in [-0.3, -0.25) is 0 Å². The maximum Gasteiger partial charge on any atom is 0.165 e. The predicted octanol–water partition coefficient (Wildman–Crippen LogP) is 4.45. The van der Waals surface area contributed by atoms with Crippen LogP contribution in [0.5, 0.6) is 5.75 Å². The van der Waals surface area contributed by atoms with Crippen LogP contribution in [-0.4, -0.2) is 0 Å². The summed E-state index contributed by atoms with van der Waals surface area (Å²) in [4.78, 5) is 0. The van der Waals surface area contributed by atoms with Gasteiger partial charge in [0.25, 0.3) is 0 Å². The van der Waals surface area contributed by atoms with Crippen molar-refractivity contribution in [2.45, 2.75) is 19.4 Å². The highest BCUT2D eigenvalue weighted by Crippen LogP contribution is 2.21. The van der Waals surface area contributed by atoms with Gasteiger partial charge < -0.3 is 4.74 Å². The quantitative estimate of drug-likeness (QED) is 0.741. The van der Waals surface area contributed by atoms with Crippen LogP contribution in [0.15, 0.2) is 42.5 Å². The van der Waals surface area contributed by atoms with Crippen LogP contribution in [0, 0.1) is 12.7 Å². The van der Waals surface area contributed by atoms with Gasteiger partial charge >= 0.3 is 0 Å². The lowest BCUT2D eigenvalue weighted by Gasteiger charge is -2.09. The fourth-order valence-electron chi connectivity index (χ4n) is 1.67. The number of alkyl halides is 1. The summed E-state index contributed by atoms with van der Waals surface area (Å²) >= 11 is 5.64. The maximum atomic E-state index is 13.7. The van der Waals surface area contributed by atoms with E-state index in [1.165, 1.54) is 6.07 Å². The number of hydrogen-bond acceptors (Lipinski definition) is 1. The third-order valence-corrected chi connectivity index (χ3v) is 3.10. The van der Waals surface area contributed by atoms with Crippen molar-refractivity contribution in [3.8, 4) is 5.75 Å². The van der Waals surface area contributed by atoms with Crippen molar-refractivity contribution < 1.29 is 9.13 Å². The van der Waals surface area contributed by atoms with Crippen molar-refractivity contribution in [1.82, 2.24) is 0 Å². The van der Waals surface area contributed by atoms with E-state index in [0.29, 0.717) is 12.5 Å². The lowest BCUT2D eigenvalue weighted by molar-refractivity contribution is 0.289. The highest BCUT2D eigenvalue weighted by molar-refractivity contribution is 6.17. The topological polar surface area (TPSA) is 9.23 Å². The third kappa shape index (κ3) is 3.02. The fraction of sp³-hybridized carbons (Fsp3) is 0.200. The van der Waals surface area contributed by atoms with Crippen LogP contribution in [0.3, 0.4) is 0 Å². The van der Waals surface area contributed by atoms with Gasteiger partial charge in [0.15, 0.2) is 11.6 Å². The summed E-state index contributed by atoms with van der Waals surface area (Å²) < 4.78 is 19.1. The van der Waals surface area contributed by atoms with E-state index in [1.54, 1.807) is 12.1 Å². The summed E-state index contributed by atoms with van der Waals surface area (Å²) in [7, 11) is 0. The number of rotatable bonds is 4. The van der Waals surface area contributed by atoms with Gasteiger partial charge in [-0.2, -0.15) is 0 Å². The zero-order chi connectivity index (χ0) is 13.0. The Balaban J connectivity index is 2.09. The molecule has 0 unspecified atom stereocenters. The van der Waals surface area contributed by atoms with Crippen LogP contribution in [-0.2, 0) is 12.5 Å². The van der Waals surface area contributed by atoms with Crippen LogP contribution in [0.1, 0.15) is 16.7 Å². The SMILES string of the molecule is Cc1ccccc1COc1ccc(CCl)cc1F. The standard InChI is InChI=1S/C15H14ClFO/c1-11-4-2-3-5-13(11)10-18-15-7-6-12(9-16)8-14(15)17/h2-8H,9-10H2,1H3. The minimum atomic E-state index is -0.373. The van der Waals surface area contributed by atoms with E-state index in [9.17, 15) is 4.39 Å². The Bertz CT molecular complexity index is 540. The molecule has 18 heavy (non-hydrogen) atoms. The Labute approximate surface area is 111 Å². The zero-order valence-corrected chi connectivity index (χ0v) is 10.9. The molecule has 0 aliphatic rings. The Morgan fingerprint density at radius 3 is 2.61 bits per heavy atom. The highest BCUT2D eigenvalue weighted by atomic mass is 35.5. The van der Waals surface area contributed by atoms with Gasteiger partial charge in [-0.05, 0) is 35.7 Å². The zero-order valence-electron chi connectivity index (χ0n) is 10.1. The fourth-order valence-corrected chi connectivity index (χ4v) is 1.84. The van der Waals surface area contributed by atoms with Crippen molar-refractivity contribution in [3.05, 3.63) is 65.0 Å². The second-order valence-electron chi connectivity index (χ2n) is 4.11. The van der Waals surface area contributed by atoms with Crippen LogP contribution in [0.2, 0.25) is 0 Å². The van der Waals surface area contributed by atoms with E-state index in [2.05, 4.69) is 0 Å². The first-order chi connectivity index (χ1) is 8.70. The Morgan fingerprint density at radius 1 is 1.17 bits per heavy atom. The van der Waals surface area contributed by atoms with E-state index in [4.69, 9.17) is 16.3 Å². The minimum Gasteiger partial charge on any atom is -0.486 e. The van der Waals surface area contributed by atoms with Crippen molar-refractivity contribution in [2.24, 2.45) is 0 Å². The molecular weight excluding hydrogens is 251 g/mol. The lowest BCUT2D eigenvalue weighted by atomic mass is 10.1. The van der Waals surface area contributed by atoms with E-state index in [1.807, 2.05) is 31.2 Å². The monoisotopic (exact) mass is 264 g/mol. The van der Waals surface area contributed by atoms with Crippen molar-refractivity contribution >= 4 is 11.6 Å². The summed E-state index contributed by atoms with van der Waals surface area (Å²) in [6, 6.07) is 12.7. The van der Waals surface area contributed by atoms with Crippen molar-refractivity contribution in [1.29, 1.82) is 0 Å². The molecule has 0 amide bonds. The Hall–Kier alpha value is -1.54. The predicted molar refractivity (Wildman–Crippen MR) is 71.5 cm³/mol. The Kier molecular flexibility index (Phi) is 4.21. The van der Waals surface area contributed by atoms with E-state index in [-0.39, 0.29) is 11.6 Å². The van der Waals surface area contributed by atoms with E-state index >= 15 is 0 Å². The molecule has 1 nitrogen and oxygen atoms in total. The van der Waals surface area contributed by atoms with Crippen LogP contribution < -0.4 is 4.74 Å². The molecule has 0 saturated heterocycles. The summed E-state index contributed by atoms with van der Waals surface area (Å²) in [5.41, 5.74) is 2.94. The summed E-state index contributed by atoms with van der Waals surface area (Å²) in [6.07, 6.45) is 0. The van der Waals surface area contributed by atoms with Crippen LogP contribution in [0.4, 0.5) is 4.39 Å². The lowest BCUT2D eigenvalue weighted by Crippen LogP contribution is -1.99. The average Bonchev–Trinajstić information content (AvgIpc) is 2.39. The normalized spacial score (nSPS) is 10.4. The largest absolute Gasteiger partial charge is 0.486 e. The van der Waals surface area contributed by atoms with Crippen LogP contribution in [0.25, 0.3) is 0 Å². The smallest absolute Gasteiger partial charge is 0.165 e. The molecule has 0 atom stereocenters. The second kappa shape index (κ2) is 5.87. The molecule has 2 aromatic carbocycles. The minimum absolute atomic E-state index is 0.257. The van der Waals surface area contributed by atoms with Gasteiger partial charge in [-0.1, -0.05) is 30.3 Å². The van der Waals surface area contributed by atoms with Crippen molar-refractivity contribution in [3.63, 3.8) is 0 Å². The van der Waals surface area contributed by atoms with E-state index < -0.39 is 0 Å². The average molecular weight is 265 g/mol. The number of aryl methyl sites for hydroxylation is 1. The third-order valence-electron chi connectivity index (χ3n) is 2.80. The van der Waals surface area contributed by atoms with Gasteiger partial charge in [-0.25, -0.2) is 4.39 Å². The molecule has 0 aliphatic heterocycles. The van der Waals surface area contributed by atoms with Gasteiger partial charge in [0.05, 0.1) is 0 Å². The van der Waals surface area contributed by atoms with Crippen molar-refractivity contribution in [2.75, 3.05) is 0 Å². The molecule has 0 spiro atoms. The molecule has 94 valence electrons. The first kappa shape index (κ1) is 12.9. The van der Waals surface area contributed by atoms with Crippen LogP contribution >= 0.6 is 11.6 Å². The maximum absolute atomic E-state index is 13.7. The molecule has 0 heterocycles. The second-order valence-corrected chi connectivity index (χ2v) is 4.38. The van der Waals surface area contributed by atoms with Gasteiger partial charge in [0, 0.05) is 5.88 Å². The Morgan fingerprint density at radius 2 is 1.94 bits per heavy atom. The van der Waals surface area contributed by atoms with Gasteiger partial charge in [-0.15, -0.1) is 11.6 Å². The molecule has 0 bridgehead atoms. The highest BCUT2D eigenvalue weighted by Gasteiger charge is 2.05. The number of benzene rings is 2. The molecule has 2 aromatic rings. The molecule has 3 heteroatoms. The summed E-state index contributed by atoms with van der Waals surface area (Å²) in [5, 5.41) is 0. The first-order valence-corrected chi connectivity index (χ1v) is 6.26.